The molecule has 0 radical (unpaired) electrons. The fourth-order valence-corrected chi connectivity index (χ4v) is 2.35. The Morgan fingerprint density at radius 3 is 2.71 bits per heavy atom. The van der Waals surface area contributed by atoms with E-state index in [0.717, 1.165) is 11.3 Å². The maximum atomic E-state index is 9.81. The van der Waals surface area contributed by atoms with Gasteiger partial charge in [-0.2, -0.15) is 14.9 Å². The second-order valence-electron chi connectivity index (χ2n) is 4.92. The number of hydrogen-bond donors (Lipinski definition) is 2. The molecule has 0 bridgehead atoms. The van der Waals surface area contributed by atoms with Crippen molar-refractivity contribution < 1.29 is 9.84 Å². The van der Waals surface area contributed by atoms with Crippen LogP contribution in [-0.2, 0) is 0 Å². The normalized spacial score (nSPS) is 11.0. The van der Waals surface area contributed by atoms with Gasteiger partial charge in [0.2, 0.25) is 4.77 Å². The van der Waals surface area contributed by atoms with Gasteiger partial charge in [-0.3, -0.25) is 0 Å². The largest absolute Gasteiger partial charge is 0.507 e. The summed E-state index contributed by atoms with van der Waals surface area (Å²) in [6.07, 6.45) is 1.54. The third-order valence-corrected chi connectivity index (χ3v) is 3.59. The molecule has 122 valence electrons. The number of ether oxygens (including phenoxy) is 1. The molecule has 0 aliphatic heterocycles. The van der Waals surface area contributed by atoms with E-state index in [-0.39, 0.29) is 5.75 Å². The zero-order chi connectivity index (χ0) is 16.9. The summed E-state index contributed by atoms with van der Waals surface area (Å²) in [4.78, 5) is 0. The molecule has 3 aromatic rings. The van der Waals surface area contributed by atoms with Crippen molar-refractivity contribution in [2.75, 3.05) is 6.61 Å². The van der Waals surface area contributed by atoms with Crippen LogP contribution in [0.2, 0.25) is 0 Å². The van der Waals surface area contributed by atoms with Gasteiger partial charge in [0.25, 0.3) is 0 Å². The number of aromatic nitrogens is 3. The number of benzene rings is 2. The lowest BCUT2D eigenvalue weighted by Crippen LogP contribution is -1.96. The van der Waals surface area contributed by atoms with E-state index in [1.807, 2.05) is 37.3 Å². The van der Waals surface area contributed by atoms with E-state index in [1.165, 1.54) is 4.68 Å². The van der Waals surface area contributed by atoms with Crippen molar-refractivity contribution in [2.45, 2.75) is 6.92 Å². The van der Waals surface area contributed by atoms with Gasteiger partial charge in [0, 0.05) is 11.1 Å². The van der Waals surface area contributed by atoms with Gasteiger partial charge in [0.1, 0.15) is 11.5 Å². The van der Waals surface area contributed by atoms with E-state index in [2.05, 4.69) is 15.3 Å². The number of aromatic amines is 1. The molecule has 0 fully saturated rings. The Kier molecular flexibility index (Phi) is 4.72. The van der Waals surface area contributed by atoms with Crippen molar-refractivity contribution >= 4 is 18.4 Å². The zero-order valence-corrected chi connectivity index (χ0v) is 13.8. The van der Waals surface area contributed by atoms with Crippen molar-refractivity contribution in [2.24, 2.45) is 5.10 Å². The van der Waals surface area contributed by atoms with Gasteiger partial charge >= 0.3 is 0 Å². The highest BCUT2D eigenvalue weighted by Gasteiger charge is 2.08. The summed E-state index contributed by atoms with van der Waals surface area (Å²) < 4.78 is 7.32. The van der Waals surface area contributed by atoms with Crippen molar-refractivity contribution in [1.29, 1.82) is 0 Å². The molecule has 1 heterocycles. The fourth-order valence-electron chi connectivity index (χ4n) is 2.17. The summed E-state index contributed by atoms with van der Waals surface area (Å²) >= 11 is 5.23. The van der Waals surface area contributed by atoms with Crippen LogP contribution in [0.15, 0.2) is 53.6 Å². The maximum Gasteiger partial charge on any atom is 0.216 e. The first-order chi connectivity index (χ1) is 11.7. The lowest BCUT2D eigenvalue weighted by Gasteiger charge is -2.04. The zero-order valence-electron chi connectivity index (χ0n) is 13.0. The number of para-hydroxylation sites is 1. The number of nitrogens with zero attached hydrogens (tertiary/aromatic N) is 3. The summed E-state index contributed by atoms with van der Waals surface area (Å²) in [6, 6.07) is 14.5. The van der Waals surface area contributed by atoms with Crippen molar-refractivity contribution in [3.63, 3.8) is 0 Å². The monoisotopic (exact) mass is 340 g/mol. The Morgan fingerprint density at radius 1 is 1.25 bits per heavy atom. The Bertz CT molecular complexity index is 913. The van der Waals surface area contributed by atoms with E-state index in [9.17, 15) is 5.11 Å². The second-order valence-corrected chi connectivity index (χ2v) is 5.31. The minimum absolute atomic E-state index is 0.152. The Hall–Kier alpha value is -2.93. The van der Waals surface area contributed by atoms with Crippen LogP contribution in [0.4, 0.5) is 0 Å². The number of H-pyrrole nitrogens is 1. The van der Waals surface area contributed by atoms with Crippen LogP contribution in [0.3, 0.4) is 0 Å². The van der Waals surface area contributed by atoms with E-state index in [4.69, 9.17) is 17.0 Å². The smallest absolute Gasteiger partial charge is 0.216 e. The number of rotatable bonds is 5. The van der Waals surface area contributed by atoms with Gasteiger partial charge in [-0.05, 0) is 55.5 Å². The van der Waals surface area contributed by atoms with Crippen LogP contribution in [-0.4, -0.2) is 32.8 Å². The van der Waals surface area contributed by atoms with E-state index in [1.54, 1.807) is 24.4 Å². The Labute approximate surface area is 144 Å². The number of phenols is 1. The van der Waals surface area contributed by atoms with Gasteiger partial charge in [0.05, 0.1) is 12.8 Å². The molecule has 0 atom stereocenters. The van der Waals surface area contributed by atoms with E-state index < -0.39 is 0 Å². The quantitative estimate of drug-likeness (QED) is 0.550. The lowest BCUT2D eigenvalue weighted by atomic mass is 10.2. The Morgan fingerprint density at radius 2 is 2.00 bits per heavy atom. The van der Waals surface area contributed by atoms with E-state index in [0.29, 0.717) is 22.8 Å². The predicted octanol–water partition coefficient (Wildman–Crippen LogP) is 3.59. The molecule has 2 N–H and O–H groups in total. The summed E-state index contributed by atoms with van der Waals surface area (Å²) in [5.41, 5.74) is 1.44. The number of phenolic OH excluding ortho intramolecular Hbond substituents is 1. The molecule has 0 aliphatic rings. The molecule has 0 aliphatic carbocycles. The van der Waals surface area contributed by atoms with Crippen LogP contribution in [0.5, 0.6) is 11.5 Å². The summed E-state index contributed by atoms with van der Waals surface area (Å²) in [7, 11) is 0. The van der Waals surface area contributed by atoms with Crippen LogP contribution in [0.25, 0.3) is 11.4 Å². The van der Waals surface area contributed by atoms with Crippen molar-refractivity contribution in [1.82, 2.24) is 14.9 Å². The van der Waals surface area contributed by atoms with Gasteiger partial charge in [0.15, 0.2) is 5.82 Å². The summed E-state index contributed by atoms with van der Waals surface area (Å²) in [5.74, 6) is 1.52. The highest BCUT2D eigenvalue weighted by molar-refractivity contribution is 7.71. The first-order valence-corrected chi connectivity index (χ1v) is 7.83. The number of aromatic hydroxyl groups is 1. The molecule has 0 amide bonds. The average molecular weight is 340 g/mol. The molecule has 1 aromatic heterocycles. The van der Waals surface area contributed by atoms with Crippen LogP contribution in [0, 0.1) is 4.77 Å². The third-order valence-electron chi connectivity index (χ3n) is 3.32. The summed E-state index contributed by atoms with van der Waals surface area (Å²) in [6.45, 7) is 2.55. The molecular formula is C17H16N4O2S. The average Bonchev–Trinajstić information content (AvgIpc) is 2.96. The number of nitrogens with one attached hydrogen (secondary N) is 1. The second kappa shape index (κ2) is 7.10. The Balaban J connectivity index is 1.94. The van der Waals surface area contributed by atoms with Crippen LogP contribution < -0.4 is 4.74 Å². The minimum Gasteiger partial charge on any atom is -0.507 e. The minimum atomic E-state index is 0.152. The molecule has 6 nitrogen and oxygen atoms in total. The molecule has 0 unspecified atom stereocenters. The van der Waals surface area contributed by atoms with Gasteiger partial charge in [-0.25, -0.2) is 5.10 Å². The first kappa shape index (κ1) is 15.9. The highest BCUT2D eigenvalue weighted by atomic mass is 32.1. The topological polar surface area (TPSA) is 75.4 Å². The summed E-state index contributed by atoms with van der Waals surface area (Å²) in [5, 5.41) is 21.1. The van der Waals surface area contributed by atoms with Gasteiger partial charge in [-0.1, -0.05) is 12.1 Å². The third kappa shape index (κ3) is 3.36. The molecule has 0 saturated carbocycles. The van der Waals surface area contributed by atoms with Crippen LogP contribution in [0.1, 0.15) is 12.5 Å². The lowest BCUT2D eigenvalue weighted by molar-refractivity contribution is 0.340. The first-order valence-electron chi connectivity index (χ1n) is 7.42. The molecule has 0 saturated heterocycles. The molecule has 2 aromatic carbocycles. The molecule has 0 spiro atoms. The molecule has 3 rings (SSSR count). The standard InChI is InChI=1S/C17H16N4O2S/c1-2-23-14-9-7-12(8-10-14)16-19-20-17(24)21(16)18-11-13-5-3-4-6-15(13)22/h3-11,22H,2H2,1H3,(H,20,24)/b18-11+. The molecule has 7 heteroatoms. The fraction of sp³-hybridized carbons (Fsp3) is 0.118. The number of hydrogen-bond acceptors (Lipinski definition) is 5. The molecule has 24 heavy (non-hydrogen) atoms. The maximum absolute atomic E-state index is 9.81. The van der Waals surface area contributed by atoms with Crippen LogP contribution >= 0.6 is 12.2 Å². The van der Waals surface area contributed by atoms with Crippen molar-refractivity contribution in [3.8, 4) is 22.9 Å². The SMILES string of the molecule is CCOc1ccc(-c2n[nH]c(=S)n2/N=C/c2ccccc2O)cc1. The molecular weight excluding hydrogens is 324 g/mol. The van der Waals surface area contributed by atoms with Gasteiger partial charge in [-0.15, -0.1) is 0 Å². The van der Waals surface area contributed by atoms with E-state index >= 15 is 0 Å². The van der Waals surface area contributed by atoms with Gasteiger partial charge < -0.3 is 9.84 Å². The van der Waals surface area contributed by atoms with Crippen molar-refractivity contribution in [3.05, 3.63) is 58.9 Å². The highest BCUT2D eigenvalue weighted by Crippen LogP contribution is 2.21. The predicted molar refractivity (Wildman–Crippen MR) is 95.1 cm³/mol.